The predicted molar refractivity (Wildman–Crippen MR) is 91.3 cm³/mol. The van der Waals surface area contributed by atoms with Crippen molar-refractivity contribution in [1.82, 2.24) is 0 Å². The zero-order valence-corrected chi connectivity index (χ0v) is 13.8. The van der Waals surface area contributed by atoms with Gasteiger partial charge in [-0.2, -0.15) is 60.1 Å². The number of thioether (sulfide) groups is 2. The molecule has 0 spiro atoms. The van der Waals surface area contributed by atoms with Crippen molar-refractivity contribution >= 4 is 60.1 Å². The van der Waals surface area contributed by atoms with Gasteiger partial charge in [-0.3, -0.25) is 0 Å². The van der Waals surface area contributed by atoms with Crippen LogP contribution in [0.2, 0.25) is 0 Å². The average Bonchev–Trinajstić information content (AvgIpc) is 2.85. The van der Waals surface area contributed by atoms with Crippen LogP contribution in [-0.4, -0.2) is 34.0 Å². The Bertz CT molecular complexity index is 183. The molecule has 0 saturated carbocycles. The van der Waals surface area contributed by atoms with Gasteiger partial charge in [0.2, 0.25) is 0 Å². The number of hydrogen-bond acceptors (Lipinski definition) is 5. The monoisotopic (exact) mass is 312 g/mol. The van der Waals surface area contributed by atoms with Gasteiger partial charge >= 0.3 is 0 Å². The van der Waals surface area contributed by atoms with Crippen molar-refractivity contribution in [2.24, 2.45) is 0 Å². The molecular weight excluding hydrogens is 292 g/mol. The van der Waals surface area contributed by atoms with Gasteiger partial charge in [-0.1, -0.05) is 19.1 Å². The molecule has 0 radical (unpaired) electrons. The molecule has 1 unspecified atom stereocenters. The minimum absolute atomic E-state index is 0.770. The van der Waals surface area contributed by atoms with E-state index in [0.29, 0.717) is 0 Å². The molecule has 0 aliphatic carbocycles. The third-order valence-electron chi connectivity index (χ3n) is 1.51. The second kappa shape index (κ2) is 14.2. The number of thiophene rings is 1. The summed E-state index contributed by atoms with van der Waals surface area (Å²) in [5, 5.41) is 4.85. The molecule has 16 heavy (non-hydrogen) atoms. The Hall–Kier alpha value is 1.10. The van der Waals surface area contributed by atoms with E-state index in [1.54, 1.807) is 11.3 Å². The Morgan fingerprint density at radius 3 is 2.19 bits per heavy atom. The molecule has 0 N–H and O–H groups in total. The third-order valence-corrected chi connectivity index (χ3v) is 5.80. The van der Waals surface area contributed by atoms with Gasteiger partial charge in [0, 0.05) is 22.5 Å². The van der Waals surface area contributed by atoms with Gasteiger partial charge in [0.25, 0.3) is 0 Å². The van der Waals surface area contributed by atoms with E-state index in [9.17, 15) is 0 Å². The van der Waals surface area contributed by atoms with Crippen LogP contribution in [0.1, 0.15) is 6.92 Å². The fraction of sp³-hybridized carbons (Fsp3) is 0.636. The first-order chi connectivity index (χ1) is 7.81. The molecule has 94 valence electrons. The Labute approximate surface area is 123 Å². The quantitative estimate of drug-likeness (QED) is 0.564. The van der Waals surface area contributed by atoms with Crippen molar-refractivity contribution in [1.29, 1.82) is 0 Å². The van der Waals surface area contributed by atoms with Gasteiger partial charge in [0.05, 0.1) is 0 Å². The van der Waals surface area contributed by atoms with Crippen LogP contribution in [-0.2, 0) is 0 Å². The van der Waals surface area contributed by atoms with Crippen molar-refractivity contribution in [3.05, 3.63) is 22.9 Å². The largest absolute Gasteiger partial charge is 0.179 e. The normalized spacial score (nSPS) is 11.7. The lowest BCUT2D eigenvalue weighted by Crippen LogP contribution is -2.02. The van der Waals surface area contributed by atoms with Crippen molar-refractivity contribution in [3.63, 3.8) is 0 Å². The number of hydrogen-bond donors (Lipinski definition) is 2. The summed E-state index contributed by atoms with van der Waals surface area (Å²) < 4.78 is 0. The van der Waals surface area contributed by atoms with Gasteiger partial charge in [0.15, 0.2) is 0 Å². The predicted octanol–water partition coefficient (Wildman–Crippen LogP) is 4.45. The zero-order chi connectivity index (χ0) is 12.1. The van der Waals surface area contributed by atoms with Crippen molar-refractivity contribution < 1.29 is 0 Å². The summed E-state index contributed by atoms with van der Waals surface area (Å²) in [6.07, 6.45) is 0. The van der Waals surface area contributed by atoms with Gasteiger partial charge in [-0.25, -0.2) is 0 Å². The van der Waals surface area contributed by atoms with Crippen LogP contribution in [0.3, 0.4) is 0 Å². The van der Waals surface area contributed by atoms with E-state index in [1.165, 1.54) is 17.3 Å². The second-order valence-electron chi connectivity index (χ2n) is 3.00. The van der Waals surface area contributed by atoms with E-state index in [-0.39, 0.29) is 0 Å². The maximum absolute atomic E-state index is 4.16. The number of rotatable bonds is 7. The van der Waals surface area contributed by atoms with Crippen LogP contribution >= 0.6 is 60.1 Å². The highest BCUT2D eigenvalue weighted by Gasteiger charge is 2.00. The molecule has 0 aliphatic rings. The first kappa shape index (κ1) is 17.1. The Morgan fingerprint density at radius 2 is 1.75 bits per heavy atom. The molecular formula is C11H20S5. The summed E-state index contributed by atoms with van der Waals surface area (Å²) in [4.78, 5) is 0. The third kappa shape index (κ3) is 13.2. The fourth-order valence-electron chi connectivity index (χ4n) is 0.843. The summed E-state index contributed by atoms with van der Waals surface area (Å²) in [6, 6.07) is 4.04. The molecule has 0 saturated heterocycles. The van der Waals surface area contributed by atoms with E-state index in [0.717, 1.165) is 16.8 Å². The minimum Gasteiger partial charge on any atom is -0.179 e. The molecule has 1 heterocycles. The van der Waals surface area contributed by atoms with Crippen molar-refractivity contribution in [2.45, 2.75) is 12.2 Å². The van der Waals surface area contributed by atoms with Crippen molar-refractivity contribution in [3.8, 4) is 0 Å². The zero-order valence-electron chi connectivity index (χ0n) is 9.54. The van der Waals surface area contributed by atoms with Crippen LogP contribution in [0, 0.1) is 0 Å². The molecule has 0 amide bonds. The summed E-state index contributed by atoms with van der Waals surface area (Å²) in [5.74, 6) is 5.58. The lowest BCUT2D eigenvalue weighted by Gasteiger charge is -2.08. The van der Waals surface area contributed by atoms with Crippen LogP contribution in [0.4, 0.5) is 0 Å². The molecule has 1 aromatic rings. The summed E-state index contributed by atoms with van der Waals surface area (Å²) >= 11 is 14.0. The highest BCUT2D eigenvalue weighted by Crippen LogP contribution is 2.15. The second-order valence-corrected chi connectivity index (χ2v) is 7.40. The van der Waals surface area contributed by atoms with Crippen LogP contribution in [0.5, 0.6) is 0 Å². The van der Waals surface area contributed by atoms with Crippen LogP contribution in [0.25, 0.3) is 0 Å². The van der Waals surface area contributed by atoms with Gasteiger partial charge < -0.3 is 0 Å². The maximum atomic E-state index is 4.16. The van der Waals surface area contributed by atoms with Crippen LogP contribution < -0.4 is 0 Å². The highest BCUT2D eigenvalue weighted by atomic mass is 32.2. The standard InChI is InChI=1S/C7H16S4.C4H4S/c1-7(11-5-3-9)6-10-4-2-8;1-2-4-5-3-1/h7-9H,2-6H2,1H3;1-4H. The maximum Gasteiger partial charge on any atom is 0.0110 e. The van der Waals surface area contributed by atoms with Crippen LogP contribution in [0.15, 0.2) is 22.9 Å². The summed E-state index contributed by atoms with van der Waals surface area (Å²) in [5.41, 5.74) is 0. The van der Waals surface area contributed by atoms with Gasteiger partial charge in [0.1, 0.15) is 0 Å². The summed E-state index contributed by atoms with van der Waals surface area (Å²) in [7, 11) is 0. The molecule has 0 bridgehead atoms. The highest BCUT2D eigenvalue weighted by molar-refractivity contribution is 8.03. The molecule has 1 atom stereocenters. The lowest BCUT2D eigenvalue weighted by molar-refractivity contribution is 1.13. The lowest BCUT2D eigenvalue weighted by atomic mass is 10.6. The van der Waals surface area contributed by atoms with E-state index in [1.807, 2.05) is 46.4 Å². The Balaban J connectivity index is 0.000000368. The Morgan fingerprint density at radius 1 is 1.12 bits per heavy atom. The molecule has 0 aromatic carbocycles. The smallest absolute Gasteiger partial charge is 0.0110 e. The minimum atomic E-state index is 0.770. The van der Waals surface area contributed by atoms with E-state index >= 15 is 0 Å². The first-order valence-electron chi connectivity index (χ1n) is 5.19. The fourth-order valence-corrected chi connectivity index (χ4v) is 3.81. The molecule has 0 fully saturated rings. The van der Waals surface area contributed by atoms with E-state index < -0.39 is 0 Å². The average molecular weight is 313 g/mol. The van der Waals surface area contributed by atoms with Crippen molar-refractivity contribution in [2.75, 3.05) is 28.8 Å². The van der Waals surface area contributed by atoms with E-state index in [2.05, 4.69) is 32.2 Å². The van der Waals surface area contributed by atoms with Gasteiger partial charge in [-0.15, -0.1) is 0 Å². The molecule has 0 aliphatic heterocycles. The van der Waals surface area contributed by atoms with Gasteiger partial charge in [-0.05, 0) is 22.3 Å². The molecule has 0 nitrogen and oxygen atoms in total. The molecule has 1 aromatic heterocycles. The summed E-state index contributed by atoms with van der Waals surface area (Å²) in [6.45, 7) is 2.28. The number of thiol groups is 2. The topological polar surface area (TPSA) is 0 Å². The first-order valence-corrected chi connectivity index (χ1v) is 9.60. The molecule has 1 rings (SSSR count). The van der Waals surface area contributed by atoms with E-state index in [4.69, 9.17) is 0 Å². The molecule has 5 heteroatoms. The Kier molecular flexibility index (Phi) is 15.1. The SMILES string of the molecule is CC(CSCCS)SCCS.c1ccsc1.